The summed E-state index contributed by atoms with van der Waals surface area (Å²) in [5.41, 5.74) is 0.510. The van der Waals surface area contributed by atoms with Crippen LogP contribution in [0, 0.1) is 17.2 Å². The van der Waals surface area contributed by atoms with Gasteiger partial charge in [-0.1, -0.05) is 0 Å². The lowest BCUT2D eigenvalue weighted by Gasteiger charge is -2.14. The van der Waals surface area contributed by atoms with E-state index >= 15 is 0 Å². The predicted molar refractivity (Wildman–Crippen MR) is 56.6 cm³/mol. The SMILES string of the molecule is COc1ccc(NCC(C#N)C(F)(F)F)cc1. The van der Waals surface area contributed by atoms with E-state index in [1.807, 2.05) is 0 Å². The number of methoxy groups -OCH3 is 1. The molecule has 3 nitrogen and oxygen atoms in total. The van der Waals surface area contributed by atoms with Gasteiger partial charge in [-0.2, -0.15) is 18.4 Å². The first-order valence-electron chi connectivity index (χ1n) is 4.81. The third-order valence-electron chi connectivity index (χ3n) is 2.15. The van der Waals surface area contributed by atoms with Crippen LogP contribution in [0.3, 0.4) is 0 Å². The molecule has 0 fully saturated rings. The molecule has 0 radical (unpaired) electrons. The van der Waals surface area contributed by atoms with Crippen LogP contribution >= 0.6 is 0 Å². The van der Waals surface area contributed by atoms with Gasteiger partial charge in [0, 0.05) is 12.2 Å². The second kappa shape index (κ2) is 5.43. The van der Waals surface area contributed by atoms with Crippen molar-refractivity contribution < 1.29 is 17.9 Å². The van der Waals surface area contributed by atoms with Crippen LogP contribution in [0.1, 0.15) is 0 Å². The molecule has 1 atom stereocenters. The van der Waals surface area contributed by atoms with Gasteiger partial charge in [-0.25, -0.2) is 0 Å². The fourth-order valence-electron chi connectivity index (χ4n) is 1.16. The Morgan fingerprint density at radius 1 is 1.35 bits per heavy atom. The topological polar surface area (TPSA) is 45.0 Å². The fraction of sp³-hybridized carbons (Fsp3) is 0.364. The zero-order valence-electron chi connectivity index (χ0n) is 9.08. The second-order valence-corrected chi connectivity index (χ2v) is 3.33. The average molecular weight is 244 g/mol. The number of ether oxygens (including phenoxy) is 1. The van der Waals surface area contributed by atoms with E-state index in [4.69, 9.17) is 10.00 Å². The average Bonchev–Trinajstić information content (AvgIpc) is 2.29. The Morgan fingerprint density at radius 3 is 2.35 bits per heavy atom. The van der Waals surface area contributed by atoms with Gasteiger partial charge < -0.3 is 10.1 Å². The van der Waals surface area contributed by atoms with Crippen LogP contribution in [-0.2, 0) is 0 Å². The zero-order valence-corrected chi connectivity index (χ0v) is 9.08. The Bertz CT molecular complexity index is 395. The Kier molecular flexibility index (Phi) is 4.21. The molecular weight excluding hydrogens is 233 g/mol. The van der Waals surface area contributed by atoms with E-state index in [2.05, 4.69) is 5.32 Å². The normalized spacial score (nSPS) is 12.6. The van der Waals surface area contributed by atoms with E-state index in [0.717, 1.165) is 0 Å². The number of hydrogen-bond acceptors (Lipinski definition) is 3. The van der Waals surface area contributed by atoms with Crippen LogP contribution in [0.25, 0.3) is 0 Å². The van der Waals surface area contributed by atoms with Crippen molar-refractivity contribution in [2.45, 2.75) is 6.18 Å². The van der Waals surface area contributed by atoms with Crippen LogP contribution in [0.15, 0.2) is 24.3 Å². The van der Waals surface area contributed by atoms with Crippen molar-refractivity contribution >= 4 is 5.69 Å². The zero-order chi connectivity index (χ0) is 12.9. The highest BCUT2D eigenvalue weighted by molar-refractivity contribution is 5.46. The van der Waals surface area contributed by atoms with Gasteiger partial charge in [0.25, 0.3) is 0 Å². The maximum atomic E-state index is 12.3. The number of rotatable bonds is 4. The quantitative estimate of drug-likeness (QED) is 0.885. The summed E-state index contributed by atoms with van der Waals surface area (Å²) in [6, 6.07) is 7.64. The Balaban J connectivity index is 2.58. The molecule has 0 saturated carbocycles. The highest BCUT2D eigenvalue weighted by atomic mass is 19.4. The minimum Gasteiger partial charge on any atom is -0.497 e. The van der Waals surface area contributed by atoms with Crippen molar-refractivity contribution in [1.82, 2.24) is 0 Å². The number of hydrogen-bond donors (Lipinski definition) is 1. The molecule has 0 spiro atoms. The van der Waals surface area contributed by atoms with E-state index in [0.29, 0.717) is 11.4 Å². The summed E-state index contributed by atoms with van der Waals surface area (Å²) in [7, 11) is 1.50. The molecule has 0 saturated heterocycles. The number of nitrogens with zero attached hydrogens (tertiary/aromatic N) is 1. The summed E-state index contributed by atoms with van der Waals surface area (Å²) in [6.45, 7) is -0.466. The molecule has 1 aromatic carbocycles. The Hall–Kier alpha value is -1.90. The van der Waals surface area contributed by atoms with Gasteiger partial charge >= 0.3 is 6.18 Å². The van der Waals surface area contributed by atoms with E-state index in [9.17, 15) is 13.2 Å². The maximum Gasteiger partial charge on any atom is 0.406 e. The van der Waals surface area contributed by atoms with E-state index < -0.39 is 18.6 Å². The number of alkyl halides is 3. The molecule has 0 heterocycles. The lowest BCUT2D eigenvalue weighted by Crippen LogP contribution is -2.28. The minimum absolute atomic E-state index is 0.466. The molecule has 0 aromatic heterocycles. The van der Waals surface area contributed by atoms with Crippen LogP contribution < -0.4 is 10.1 Å². The molecule has 6 heteroatoms. The first kappa shape index (κ1) is 13.2. The Labute approximate surface area is 96.8 Å². The number of nitriles is 1. The van der Waals surface area contributed by atoms with Gasteiger partial charge in [-0.3, -0.25) is 0 Å². The molecule has 1 N–H and O–H groups in total. The summed E-state index contributed by atoms with van der Waals surface area (Å²) in [4.78, 5) is 0. The van der Waals surface area contributed by atoms with Crippen LogP contribution in [-0.4, -0.2) is 19.8 Å². The van der Waals surface area contributed by atoms with E-state index in [1.165, 1.54) is 13.2 Å². The predicted octanol–water partition coefficient (Wildman–Crippen LogP) is 2.81. The van der Waals surface area contributed by atoms with Crippen molar-refractivity contribution in [1.29, 1.82) is 5.26 Å². The number of benzene rings is 1. The lowest BCUT2D eigenvalue weighted by molar-refractivity contribution is -0.155. The third kappa shape index (κ3) is 3.87. The largest absolute Gasteiger partial charge is 0.497 e. The molecular formula is C11H11F3N2O. The number of halogens is 3. The van der Waals surface area contributed by atoms with Gasteiger partial charge in [0.1, 0.15) is 5.75 Å². The highest BCUT2D eigenvalue weighted by Crippen LogP contribution is 2.26. The van der Waals surface area contributed by atoms with Crippen molar-refractivity contribution in [3.63, 3.8) is 0 Å². The van der Waals surface area contributed by atoms with Crippen molar-refractivity contribution in [2.75, 3.05) is 19.0 Å². The van der Waals surface area contributed by atoms with Crippen molar-refractivity contribution in [3.8, 4) is 11.8 Å². The summed E-state index contributed by atoms with van der Waals surface area (Å²) < 4.78 is 41.7. The monoisotopic (exact) mass is 244 g/mol. The highest BCUT2D eigenvalue weighted by Gasteiger charge is 2.39. The van der Waals surface area contributed by atoms with Crippen LogP contribution in [0.4, 0.5) is 18.9 Å². The molecule has 1 unspecified atom stereocenters. The molecule has 17 heavy (non-hydrogen) atoms. The van der Waals surface area contributed by atoms with Crippen molar-refractivity contribution in [2.24, 2.45) is 5.92 Å². The maximum absolute atomic E-state index is 12.3. The molecule has 0 aliphatic rings. The van der Waals surface area contributed by atoms with Crippen LogP contribution in [0.2, 0.25) is 0 Å². The standard InChI is InChI=1S/C11H11F3N2O/c1-17-10-4-2-9(3-5-10)16-7-8(6-15)11(12,13)14/h2-5,8,16H,7H2,1H3. The summed E-state index contributed by atoms with van der Waals surface area (Å²) in [6.07, 6.45) is -4.51. The molecule has 0 bridgehead atoms. The minimum atomic E-state index is -4.51. The number of nitrogens with one attached hydrogen (secondary N) is 1. The van der Waals surface area contributed by atoms with Gasteiger partial charge in [0.2, 0.25) is 0 Å². The molecule has 0 amide bonds. The van der Waals surface area contributed by atoms with E-state index in [1.54, 1.807) is 24.3 Å². The summed E-state index contributed by atoms with van der Waals surface area (Å²) in [5.74, 6) is -1.40. The lowest BCUT2D eigenvalue weighted by atomic mass is 10.1. The second-order valence-electron chi connectivity index (χ2n) is 3.33. The van der Waals surface area contributed by atoms with Gasteiger partial charge in [0.05, 0.1) is 13.2 Å². The van der Waals surface area contributed by atoms with Gasteiger partial charge in [0.15, 0.2) is 5.92 Å². The summed E-state index contributed by atoms with van der Waals surface area (Å²) in [5, 5.41) is 10.9. The molecule has 92 valence electrons. The third-order valence-corrected chi connectivity index (χ3v) is 2.15. The first-order valence-corrected chi connectivity index (χ1v) is 4.81. The summed E-state index contributed by atoms with van der Waals surface area (Å²) >= 11 is 0. The van der Waals surface area contributed by atoms with Crippen molar-refractivity contribution in [3.05, 3.63) is 24.3 Å². The Morgan fingerprint density at radius 2 is 1.94 bits per heavy atom. The smallest absolute Gasteiger partial charge is 0.406 e. The fourth-order valence-corrected chi connectivity index (χ4v) is 1.16. The van der Waals surface area contributed by atoms with Gasteiger partial charge in [-0.05, 0) is 24.3 Å². The molecule has 1 rings (SSSR count). The molecule has 0 aliphatic carbocycles. The van der Waals surface area contributed by atoms with Crippen LogP contribution in [0.5, 0.6) is 5.75 Å². The first-order chi connectivity index (χ1) is 7.97. The molecule has 1 aromatic rings. The van der Waals surface area contributed by atoms with E-state index in [-0.39, 0.29) is 0 Å². The number of anilines is 1. The molecule has 0 aliphatic heterocycles. The van der Waals surface area contributed by atoms with Gasteiger partial charge in [-0.15, -0.1) is 0 Å².